The van der Waals surface area contributed by atoms with Crippen LogP contribution in [0.25, 0.3) is 87.7 Å². The van der Waals surface area contributed by atoms with Crippen LogP contribution < -0.4 is 4.90 Å². The predicted octanol–water partition coefficient (Wildman–Crippen LogP) is 14.6. The molecule has 2 heterocycles. The van der Waals surface area contributed by atoms with E-state index < -0.39 is 0 Å². The monoisotopic (exact) mass is 677 g/mol. The van der Waals surface area contributed by atoms with Crippen LogP contribution in [0.1, 0.15) is 0 Å². The Morgan fingerprint density at radius 3 is 1.79 bits per heavy atom. The van der Waals surface area contributed by atoms with Crippen molar-refractivity contribution in [2.45, 2.75) is 0 Å². The van der Waals surface area contributed by atoms with E-state index in [1.165, 1.54) is 33.0 Å². The number of benzene rings is 9. The van der Waals surface area contributed by atoms with Gasteiger partial charge in [-0.15, -0.1) is 0 Å². The molecular formula is C50H31NO2. The van der Waals surface area contributed by atoms with E-state index in [9.17, 15) is 0 Å². The molecule has 11 rings (SSSR count). The number of hydrogen-bond acceptors (Lipinski definition) is 3. The topological polar surface area (TPSA) is 29.5 Å². The molecule has 0 atom stereocenters. The van der Waals surface area contributed by atoms with E-state index in [0.29, 0.717) is 0 Å². The van der Waals surface area contributed by atoms with Crippen molar-refractivity contribution in [1.82, 2.24) is 0 Å². The second kappa shape index (κ2) is 11.7. The van der Waals surface area contributed by atoms with Crippen molar-refractivity contribution >= 4 is 82.5 Å². The summed E-state index contributed by atoms with van der Waals surface area (Å²) in [4.78, 5) is 2.39. The van der Waals surface area contributed by atoms with Crippen LogP contribution in [0.15, 0.2) is 197 Å². The molecule has 53 heavy (non-hydrogen) atoms. The highest BCUT2D eigenvalue weighted by Crippen LogP contribution is 2.47. The van der Waals surface area contributed by atoms with Crippen molar-refractivity contribution in [3.8, 4) is 22.3 Å². The smallest absolute Gasteiger partial charge is 0.137 e. The lowest BCUT2D eigenvalue weighted by Crippen LogP contribution is -2.11. The zero-order valence-electron chi connectivity index (χ0n) is 28.7. The number of anilines is 3. The van der Waals surface area contributed by atoms with E-state index in [1.807, 2.05) is 12.1 Å². The Bertz CT molecular complexity index is 3170. The molecule has 0 aliphatic heterocycles. The molecule has 0 spiro atoms. The van der Waals surface area contributed by atoms with Crippen LogP contribution in [-0.2, 0) is 0 Å². The summed E-state index contributed by atoms with van der Waals surface area (Å²) in [6.07, 6.45) is 0. The van der Waals surface area contributed by atoms with E-state index in [2.05, 4.69) is 181 Å². The minimum atomic E-state index is 0.860. The molecule has 0 saturated carbocycles. The van der Waals surface area contributed by atoms with E-state index >= 15 is 0 Å². The quantitative estimate of drug-likeness (QED) is 0.182. The van der Waals surface area contributed by atoms with Crippen molar-refractivity contribution in [3.05, 3.63) is 188 Å². The second-order valence-corrected chi connectivity index (χ2v) is 13.7. The number of furan rings is 2. The van der Waals surface area contributed by atoms with Gasteiger partial charge in [-0.1, -0.05) is 121 Å². The molecule has 0 aliphatic rings. The zero-order chi connectivity index (χ0) is 34.9. The first-order valence-corrected chi connectivity index (χ1v) is 18.0. The van der Waals surface area contributed by atoms with Crippen LogP contribution in [0.4, 0.5) is 17.1 Å². The van der Waals surface area contributed by atoms with Crippen molar-refractivity contribution in [3.63, 3.8) is 0 Å². The summed E-state index contributed by atoms with van der Waals surface area (Å²) in [5.74, 6) is 0. The lowest BCUT2D eigenvalue weighted by Gasteiger charge is -2.28. The molecule has 0 bridgehead atoms. The molecule has 0 saturated heterocycles. The number of para-hydroxylation sites is 1. The number of fused-ring (bicyclic) bond motifs is 9. The fourth-order valence-corrected chi connectivity index (χ4v) is 8.14. The standard InChI is InChI=1S/C50H31NO2/c1-2-10-32(11-3-1)37-24-28-46-42(31-37)49-40-15-8-16-43(39(40)27-29-48(49)53-46)51(44-17-9-19-47-50(44)41-14-6-7-18-45(41)52-47)38-25-22-34(23-26-38)36-21-20-33-12-4-5-13-35(33)30-36/h1-31H. The molecule has 2 aromatic heterocycles. The normalized spacial score (nSPS) is 11.8. The van der Waals surface area contributed by atoms with Gasteiger partial charge >= 0.3 is 0 Å². The summed E-state index contributed by atoms with van der Waals surface area (Å²) >= 11 is 0. The highest BCUT2D eigenvalue weighted by molar-refractivity contribution is 6.22. The first-order valence-electron chi connectivity index (χ1n) is 18.0. The summed E-state index contributed by atoms with van der Waals surface area (Å²) in [6, 6.07) is 66.8. The molecule has 0 fully saturated rings. The Labute approximate surface area is 305 Å². The molecule has 0 amide bonds. The SMILES string of the molecule is c1ccc(-c2ccc3oc4ccc5c(N(c6ccc(-c7ccc8ccccc8c7)cc6)c6cccc7oc8ccccc8c67)cccc5c4c3c2)cc1. The third-order valence-corrected chi connectivity index (χ3v) is 10.6. The van der Waals surface area contributed by atoms with Crippen molar-refractivity contribution in [2.75, 3.05) is 4.90 Å². The van der Waals surface area contributed by atoms with Crippen LogP contribution in [0, 0.1) is 0 Å². The third-order valence-electron chi connectivity index (χ3n) is 10.6. The average molecular weight is 678 g/mol. The first-order chi connectivity index (χ1) is 26.3. The fourth-order valence-electron chi connectivity index (χ4n) is 8.14. The molecule has 0 aliphatic carbocycles. The summed E-state index contributed by atoms with van der Waals surface area (Å²) in [5.41, 5.74) is 11.4. The molecule has 0 N–H and O–H groups in total. The Hall–Kier alpha value is -7.10. The maximum Gasteiger partial charge on any atom is 0.137 e. The highest BCUT2D eigenvalue weighted by Gasteiger charge is 2.22. The van der Waals surface area contributed by atoms with E-state index in [1.54, 1.807) is 0 Å². The molecule has 3 heteroatoms. The van der Waals surface area contributed by atoms with Crippen LogP contribution in [-0.4, -0.2) is 0 Å². The molecular weight excluding hydrogens is 647 g/mol. The predicted molar refractivity (Wildman–Crippen MR) is 222 cm³/mol. The number of rotatable bonds is 5. The highest BCUT2D eigenvalue weighted by atomic mass is 16.3. The van der Waals surface area contributed by atoms with Gasteiger partial charge < -0.3 is 13.7 Å². The van der Waals surface area contributed by atoms with Gasteiger partial charge in [-0.25, -0.2) is 0 Å². The van der Waals surface area contributed by atoms with Gasteiger partial charge in [-0.2, -0.15) is 0 Å². The van der Waals surface area contributed by atoms with Crippen molar-refractivity contribution in [1.29, 1.82) is 0 Å². The number of nitrogens with zero attached hydrogens (tertiary/aromatic N) is 1. The molecule has 3 nitrogen and oxygen atoms in total. The minimum Gasteiger partial charge on any atom is -0.456 e. The van der Waals surface area contributed by atoms with Crippen LogP contribution >= 0.6 is 0 Å². The summed E-state index contributed by atoms with van der Waals surface area (Å²) in [7, 11) is 0. The van der Waals surface area contributed by atoms with Gasteiger partial charge in [-0.05, 0) is 105 Å². The lowest BCUT2D eigenvalue weighted by molar-refractivity contribution is 0.668. The van der Waals surface area contributed by atoms with Crippen LogP contribution in [0.3, 0.4) is 0 Å². The summed E-state index contributed by atoms with van der Waals surface area (Å²) in [6.45, 7) is 0. The van der Waals surface area contributed by atoms with Gasteiger partial charge in [0.05, 0.1) is 16.8 Å². The largest absolute Gasteiger partial charge is 0.456 e. The van der Waals surface area contributed by atoms with Gasteiger partial charge in [0.1, 0.15) is 22.3 Å². The Kier molecular flexibility index (Phi) is 6.55. The van der Waals surface area contributed by atoms with E-state index in [-0.39, 0.29) is 0 Å². The molecule has 248 valence electrons. The molecule has 9 aromatic carbocycles. The summed E-state index contributed by atoms with van der Waals surface area (Å²) < 4.78 is 12.9. The van der Waals surface area contributed by atoms with Crippen molar-refractivity contribution in [2.24, 2.45) is 0 Å². The van der Waals surface area contributed by atoms with E-state index in [4.69, 9.17) is 8.83 Å². The summed E-state index contributed by atoms with van der Waals surface area (Å²) in [5, 5.41) is 9.16. The van der Waals surface area contributed by atoms with Crippen LogP contribution in [0.2, 0.25) is 0 Å². The molecule has 11 aromatic rings. The van der Waals surface area contributed by atoms with Gasteiger partial charge in [0, 0.05) is 27.2 Å². The maximum absolute atomic E-state index is 6.47. The third kappa shape index (κ3) is 4.75. The Morgan fingerprint density at radius 2 is 0.906 bits per heavy atom. The van der Waals surface area contributed by atoms with Gasteiger partial charge in [0.15, 0.2) is 0 Å². The number of hydrogen-bond donors (Lipinski definition) is 0. The van der Waals surface area contributed by atoms with Crippen LogP contribution in [0.5, 0.6) is 0 Å². The molecule has 0 unspecified atom stereocenters. The molecule has 0 radical (unpaired) electrons. The second-order valence-electron chi connectivity index (χ2n) is 13.7. The van der Waals surface area contributed by atoms with E-state index in [0.717, 1.165) is 71.7 Å². The first kappa shape index (κ1) is 29.6. The lowest BCUT2D eigenvalue weighted by atomic mass is 9.98. The maximum atomic E-state index is 6.47. The average Bonchev–Trinajstić information content (AvgIpc) is 3.80. The van der Waals surface area contributed by atoms with Crippen molar-refractivity contribution < 1.29 is 8.83 Å². The van der Waals surface area contributed by atoms with Gasteiger partial charge in [0.25, 0.3) is 0 Å². The minimum absolute atomic E-state index is 0.860. The fraction of sp³-hybridized carbons (Fsp3) is 0. The van der Waals surface area contributed by atoms with Gasteiger partial charge in [0.2, 0.25) is 0 Å². The zero-order valence-corrected chi connectivity index (χ0v) is 28.7. The Balaban J connectivity index is 1.14. The van der Waals surface area contributed by atoms with Gasteiger partial charge in [-0.3, -0.25) is 0 Å². The Morgan fingerprint density at radius 1 is 0.302 bits per heavy atom.